The molecule has 4 heteroatoms. The molecule has 120 valence electrons. The number of hydrogen-bond acceptors (Lipinski definition) is 2. The second-order valence-electron chi connectivity index (χ2n) is 6.05. The van der Waals surface area contributed by atoms with E-state index in [0.717, 1.165) is 6.42 Å². The Morgan fingerprint density at radius 1 is 1.04 bits per heavy atom. The molecule has 0 aromatic heterocycles. The van der Waals surface area contributed by atoms with E-state index in [1.807, 2.05) is 6.07 Å². The summed E-state index contributed by atoms with van der Waals surface area (Å²) in [5, 5.41) is 0. The van der Waals surface area contributed by atoms with Gasteiger partial charge in [0.2, 0.25) is 0 Å². The summed E-state index contributed by atoms with van der Waals surface area (Å²) in [5.41, 5.74) is 1.23. The van der Waals surface area contributed by atoms with Crippen molar-refractivity contribution in [1.82, 2.24) is 0 Å². The first-order valence-corrected chi connectivity index (χ1v) is 10.7. The fourth-order valence-corrected chi connectivity index (χ4v) is 7.27. The van der Waals surface area contributed by atoms with E-state index in [1.54, 1.807) is 0 Å². The average Bonchev–Trinajstić information content (AvgIpc) is 3.14. The van der Waals surface area contributed by atoms with Gasteiger partial charge in [0, 0.05) is 0 Å². The Balaban J connectivity index is 1.41. The van der Waals surface area contributed by atoms with E-state index in [0.29, 0.717) is 37.3 Å². The summed E-state index contributed by atoms with van der Waals surface area (Å²) < 4.78 is 13.9. The van der Waals surface area contributed by atoms with Gasteiger partial charge >= 0.3 is 152 Å². The van der Waals surface area contributed by atoms with Crippen LogP contribution in [-0.2, 0) is 16.1 Å². The summed E-state index contributed by atoms with van der Waals surface area (Å²) in [5.74, 6) is 0. The summed E-state index contributed by atoms with van der Waals surface area (Å²) in [6, 6.07) is 21.2. The summed E-state index contributed by atoms with van der Waals surface area (Å²) >= 11 is 4.28. The van der Waals surface area contributed by atoms with Gasteiger partial charge in [-0.1, -0.05) is 0 Å². The van der Waals surface area contributed by atoms with E-state index in [4.69, 9.17) is 9.47 Å². The van der Waals surface area contributed by atoms with Crippen molar-refractivity contribution >= 4 is 35.3 Å². The Morgan fingerprint density at radius 2 is 1.74 bits per heavy atom. The van der Waals surface area contributed by atoms with Gasteiger partial charge in [0.15, 0.2) is 0 Å². The van der Waals surface area contributed by atoms with Crippen LogP contribution < -0.4 is 4.46 Å². The van der Waals surface area contributed by atoms with Crippen LogP contribution in [0.15, 0.2) is 60.7 Å². The zero-order chi connectivity index (χ0) is 15.6. The Hall–Kier alpha value is -0.641. The minimum atomic E-state index is 0.226. The van der Waals surface area contributed by atoms with Crippen molar-refractivity contribution in [3.05, 3.63) is 66.2 Å². The van der Waals surface area contributed by atoms with Crippen LogP contribution >= 0.6 is 15.9 Å². The molecule has 23 heavy (non-hydrogen) atoms. The van der Waals surface area contributed by atoms with Crippen LogP contribution in [0.3, 0.4) is 0 Å². The molecule has 0 unspecified atom stereocenters. The zero-order valence-electron chi connectivity index (χ0n) is 12.7. The first kappa shape index (κ1) is 15.9. The van der Waals surface area contributed by atoms with Crippen molar-refractivity contribution in [2.45, 2.75) is 41.0 Å². The number of benzene rings is 2. The maximum atomic E-state index is 6.21. The number of alkyl halides is 1. The van der Waals surface area contributed by atoms with Crippen molar-refractivity contribution in [2.75, 3.05) is 0 Å². The number of ether oxygens (including phenoxy) is 2. The molecule has 0 saturated carbocycles. The molecule has 2 saturated heterocycles. The molecule has 0 radical (unpaired) electrons. The predicted octanol–water partition coefficient (Wildman–Crippen LogP) is 3.32. The second-order valence-corrected chi connectivity index (χ2v) is 9.73. The maximum absolute atomic E-state index is 6.21. The Labute approximate surface area is 151 Å². The third-order valence-electron chi connectivity index (χ3n) is 4.48. The zero-order valence-corrected chi connectivity index (χ0v) is 16.0. The van der Waals surface area contributed by atoms with Gasteiger partial charge in [-0.05, 0) is 0 Å². The van der Waals surface area contributed by atoms with Crippen molar-refractivity contribution in [2.24, 2.45) is 0 Å². The standard InChI is InChI=1S/C19H19BrO2Se/c20-17-15-11-16(21-12-13-7-3-1-4-8-13)18(22-15)19(17)23-14-9-5-2-6-10-14/h1-10,15-19H,11-12H2/t15-,16-,17+,18+,19-/m0/s1. The van der Waals surface area contributed by atoms with E-state index in [9.17, 15) is 0 Å². The Kier molecular flexibility index (Phi) is 4.88. The molecule has 2 aromatic rings. The van der Waals surface area contributed by atoms with Crippen LogP contribution in [0.5, 0.6) is 0 Å². The summed E-state index contributed by atoms with van der Waals surface area (Å²) in [4.78, 5) is 1.01. The number of fused-ring (bicyclic) bond motifs is 2. The molecule has 2 bridgehead atoms. The van der Waals surface area contributed by atoms with Crippen molar-refractivity contribution in [3.8, 4) is 0 Å². The van der Waals surface area contributed by atoms with Crippen molar-refractivity contribution in [1.29, 1.82) is 0 Å². The average molecular weight is 438 g/mol. The van der Waals surface area contributed by atoms with E-state index in [1.165, 1.54) is 10.0 Å². The first-order valence-electron chi connectivity index (χ1n) is 7.98. The van der Waals surface area contributed by atoms with Crippen molar-refractivity contribution in [3.63, 3.8) is 0 Å². The van der Waals surface area contributed by atoms with E-state index in [2.05, 4.69) is 70.5 Å². The van der Waals surface area contributed by atoms with Crippen LogP contribution in [0, 0.1) is 0 Å². The predicted molar refractivity (Wildman–Crippen MR) is 96.6 cm³/mol. The fraction of sp³-hybridized carbons (Fsp3) is 0.368. The summed E-state index contributed by atoms with van der Waals surface area (Å²) in [6.07, 6.45) is 1.77. The molecule has 4 rings (SSSR count). The normalized spacial score (nSPS) is 32.3. The van der Waals surface area contributed by atoms with Crippen LogP contribution in [0.1, 0.15) is 12.0 Å². The van der Waals surface area contributed by atoms with Crippen LogP contribution in [0.2, 0.25) is 4.82 Å². The van der Waals surface area contributed by atoms with Gasteiger partial charge in [-0.25, -0.2) is 0 Å². The summed E-state index contributed by atoms with van der Waals surface area (Å²) in [7, 11) is 0. The third kappa shape index (κ3) is 3.42. The number of halogens is 1. The van der Waals surface area contributed by atoms with E-state index < -0.39 is 0 Å². The molecule has 2 heterocycles. The number of rotatable bonds is 5. The molecule has 2 aromatic carbocycles. The van der Waals surface area contributed by atoms with Gasteiger partial charge in [0.25, 0.3) is 0 Å². The molecule has 2 fully saturated rings. The van der Waals surface area contributed by atoms with E-state index in [-0.39, 0.29) is 12.2 Å². The van der Waals surface area contributed by atoms with Gasteiger partial charge in [-0.15, -0.1) is 0 Å². The topological polar surface area (TPSA) is 18.5 Å². The molecule has 2 nitrogen and oxygen atoms in total. The van der Waals surface area contributed by atoms with Crippen molar-refractivity contribution < 1.29 is 9.47 Å². The molecular formula is C19H19BrO2Se. The van der Waals surface area contributed by atoms with Gasteiger partial charge in [0.05, 0.1) is 0 Å². The van der Waals surface area contributed by atoms with E-state index >= 15 is 0 Å². The Bertz CT molecular complexity index is 634. The monoisotopic (exact) mass is 438 g/mol. The third-order valence-corrected chi connectivity index (χ3v) is 9.32. The molecule has 0 aliphatic carbocycles. The fourth-order valence-electron chi connectivity index (χ4n) is 3.32. The Morgan fingerprint density at radius 3 is 2.43 bits per heavy atom. The minimum absolute atomic E-state index is 0.226. The van der Waals surface area contributed by atoms with Crippen LogP contribution in [-0.4, -0.2) is 38.1 Å². The van der Waals surface area contributed by atoms with Gasteiger partial charge < -0.3 is 0 Å². The first-order chi connectivity index (χ1) is 11.3. The quantitative estimate of drug-likeness (QED) is 0.527. The molecule has 2 aliphatic rings. The van der Waals surface area contributed by atoms with Crippen LogP contribution in [0.4, 0.5) is 0 Å². The molecule has 0 amide bonds. The second kappa shape index (κ2) is 7.08. The molecule has 2 aliphatic heterocycles. The molecule has 5 atom stereocenters. The van der Waals surface area contributed by atoms with Crippen LogP contribution in [0.25, 0.3) is 0 Å². The number of hydrogen-bond donors (Lipinski definition) is 0. The molecule has 0 N–H and O–H groups in total. The van der Waals surface area contributed by atoms with Gasteiger partial charge in [-0.3, -0.25) is 0 Å². The van der Waals surface area contributed by atoms with Gasteiger partial charge in [-0.2, -0.15) is 0 Å². The molecular weight excluding hydrogens is 419 g/mol. The SMILES string of the molecule is Br[C@H]1[C@H]([Se]c2ccccc2)[C@@H]2O[C@H]1C[C@@H]2OCc1ccccc1. The molecule has 0 spiro atoms. The summed E-state index contributed by atoms with van der Waals surface area (Å²) in [6.45, 7) is 0.677. The van der Waals surface area contributed by atoms with Gasteiger partial charge in [0.1, 0.15) is 0 Å².